The van der Waals surface area contributed by atoms with E-state index in [9.17, 15) is 32.3 Å². The first-order valence-electron chi connectivity index (χ1n) is 5.90. The molecule has 0 bridgehead atoms. The highest BCUT2D eigenvalue weighted by Crippen LogP contribution is 2.25. The summed E-state index contributed by atoms with van der Waals surface area (Å²) in [4.78, 5) is 44.2. The number of hydrogen-bond acceptors (Lipinski definition) is 4. The van der Waals surface area contributed by atoms with Crippen LogP contribution in [0.3, 0.4) is 0 Å². The number of para-hydroxylation sites is 1. The monoisotopic (exact) mass is 316 g/mol. The van der Waals surface area contributed by atoms with Gasteiger partial charge in [0.15, 0.2) is 12.1 Å². The van der Waals surface area contributed by atoms with Crippen molar-refractivity contribution in [3.05, 3.63) is 29.3 Å². The molecule has 118 valence electrons. The summed E-state index contributed by atoms with van der Waals surface area (Å²) in [7, 11) is 0. The molecule has 6 nitrogen and oxygen atoms in total. The van der Waals surface area contributed by atoms with Crippen molar-refractivity contribution >= 4 is 29.6 Å². The van der Waals surface area contributed by atoms with Gasteiger partial charge in [-0.15, -0.1) is 0 Å². The third-order valence-corrected chi connectivity index (χ3v) is 2.54. The molecule has 0 fully saturated rings. The van der Waals surface area contributed by atoms with E-state index in [4.69, 9.17) is 5.73 Å². The van der Waals surface area contributed by atoms with Gasteiger partial charge in [0.05, 0.1) is 11.3 Å². The van der Waals surface area contributed by atoms with Crippen molar-refractivity contribution < 1.29 is 32.3 Å². The maximum atomic E-state index is 12.2. The highest BCUT2D eigenvalue weighted by molar-refractivity contribution is 6.26. The Balaban J connectivity index is 3.17. The summed E-state index contributed by atoms with van der Waals surface area (Å²) in [5.41, 5.74) is 4.54. The fourth-order valence-electron chi connectivity index (χ4n) is 1.70. The average Bonchev–Trinajstić information content (AvgIpc) is 2.37. The largest absolute Gasteiger partial charge is 0.397 e. The minimum absolute atomic E-state index is 0.0175. The van der Waals surface area contributed by atoms with Crippen LogP contribution in [0.2, 0.25) is 0 Å². The molecule has 0 aliphatic carbocycles. The lowest BCUT2D eigenvalue weighted by atomic mass is 10.0. The van der Waals surface area contributed by atoms with Crippen LogP contribution in [-0.2, 0) is 20.8 Å². The van der Waals surface area contributed by atoms with Gasteiger partial charge in [0.25, 0.3) is 5.91 Å². The molecule has 9 heteroatoms. The maximum absolute atomic E-state index is 12.2. The standard InChI is InChI=1S/C13H11F3N2O4/c14-13(15,16)5-10(21)18-11-7(4-8(20)6-19)2-1-3-9(11)12(17)22/h1-3,6H,4-5H2,(H2,17,22)(H,18,21). The first-order valence-corrected chi connectivity index (χ1v) is 5.90. The molecular formula is C13H11F3N2O4. The van der Waals surface area contributed by atoms with Crippen molar-refractivity contribution in [1.82, 2.24) is 0 Å². The Hall–Kier alpha value is -2.71. The minimum Gasteiger partial charge on any atom is -0.366 e. The van der Waals surface area contributed by atoms with Crippen LogP contribution in [0.1, 0.15) is 22.3 Å². The third kappa shape index (κ3) is 5.00. The van der Waals surface area contributed by atoms with Gasteiger partial charge in [-0.3, -0.25) is 19.2 Å². The predicted molar refractivity (Wildman–Crippen MR) is 69.0 cm³/mol. The van der Waals surface area contributed by atoms with Gasteiger partial charge in [0, 0.05) is 6.42 Å². The van der Waals surface area contributed by atoms with Crippen molar-refractivity contribution in [2.45, 2.75) is 19.0 Å². The van der Waals surface area contributed by atoms with Gasteiger partial charge in [0.2, 0.25) is 5.91 Å². The zero-order valence-electron chi connectivity index (χ0n) is 11.1. The van der Waals surface area contributed by atoms with Crippen LogP contribution in [0.25, 0.3) is 0 Å². The first-order chi connectivity index (χ1) is 10.1. The number of carbonyl (C=O) groups is 4. The molecule has 3 N–H and O–H groups in total. The number of ketones is 1. The molecule has 0 saturated heterocycles. The molecule has 0 saturated carbocycles. The Morgan fingerprint density at radius 3 is 2.36 bits per heavy atom. The topological polar surface area (TPSA) is 106 Å². The van der Waals surface area contributed by atoms with E-state index in [0.717, 1.165) is 0 Å². The molecule has 0 atom stereocenters. The number of Topliss-reactive ketones (excluding diaryl/α,β-unsaturated/α-hetero) is 1. The Kier molecular flexibility index (Phi) is 5.39. The Labute approximate surface area is 122 Å². The molecule has 22 heavy (non-hydrogen) atoms. The van der Waals surface area contributed by atoms with Gasteiger partial charge >= 0.3 is 6.18 Å². The summed E-state index contributed by atoms with van der Waals surface area (Å²) in [5, 5.41) is 1.92. The van der Waals surface area contributed by atoms with Crippen molar-refractivity contribution in [3.63, 3.8) is 0 Å². The number of aldehydes is 1. The molecule has 1 rings (SSSR count). The van der Waals surface area contributed by atoms with Crippen molar-refractivity contribution in [3.8, 4) is 0 Å². The SMILES string of the molecule is NC(=O)c1cccc(CC(=O)C=O)c1NC(=O)CC(F)(F)F. The smallest absolute Gasteiger partial charge is 0.366 e. The first kappa shape index (κ1) is 17.3. The van der Waals surface area contributed by atoms with Crippen LogP contribution >= 0.6 is 0 Å². The number of carbonyl (C=O) groups excluding carboxylic acids is 4. The zero-order valence-corrected chi connectivity index (χ0v) is 11.1. The molecule has 0 spiro atoms. The fraction of sp³-hybridized carbons (Fsp3) is 0.231. The van der Waals surface area contributed by atoms with Crippen LogP contribution in [0.5, 0.6) is 0 Å². The highest BCUT2D eigenvalue weighted by Gasteiger charge is 2.32. The normalized spacial score (nSPS) is 10.9. The van der Waals surface area contributed by atoms with Crippen molar-refractivity contribution in [2.75, 3.05) is 5.32 Å². The van der Waals surface area contributed by atoms with Gasteiger partial charge in [0.1, 0.15) is 6.42 Å². The molecule has 2 amide bonds. The summed E-state index contributed by atoms with van der Waals surface area (Å²) < 4.78 is 36.5. The highest BCUT2D eigenvalue weighted by atomic mass is 19.4. The Morgan fingerprint density at radius 1 is 1.23 bits per heavy atom. The number of anilines is 1. The van der Waals surface area contributed by atoms with E-state index in [1.807, 2.05) is 5.32 Å². The number of alkyl halides is 3. The van der Waals surface area contributed by atoms with Crippen LogP contribution in [0.4, 0.5) is 18.9 Å². The van der Waals surface area contributed by atoms with Gasteiger partial charge in [-0.05, 0) is 11.6 Å². The van der Waals surface area contributed by atoms with E-state index in [0.29, 0.717) is 0 Å². The van der Waals surface area contributed by atoms with Crippen LogP contribution in [0.15, 0.2) is 18.2 Å². The Bertz CT molecular complexity index is 626. The second-order valence-corrected chi connectivity index (χ2v) is 4.31. The summed E-state index contributed by atoms with van der Waals surface area (Å²) >= 11 is 0. The fourth-order valence-corrected chi connectivity index (χ4v) is 1.70. The lowest BCUT2D eigenvalue weighted by Crippen LogP contribution is -2.24. The lowest BCUT2D eigenvalue weighted by Gasteiger charge is -2.14. The van der Waals surface area contributed by atoms with E-state index in [1.165, 1.54) is 18.2 Å². The summed E-state index contributed by atoms with van der Waals surface area (Å²) in [6.45, 7) is 0. The number of halogens is 3. The van der Waals surface area contributed by atoms with E-state index in [1.54, 1.807) is 0 Å². The number of primary amides is 1. The van der Waals surface area contributed by atoms with Gasteiger partial charge in [-0.2, -0.15) is 13.2 Å². The molecule has 0 heterocycles. The second-order valence-electron chi connectivity index (χ2n) is 4.31. The van der Waals surface area contributed by atoms with Crippen molar-refractivity contribution in [1.29, 1.82) is 0 Å². The molecule has 0 radical (unpaired) electrons. The lowest BCUT2D eigenvalue weighted by molar-refractivity contribution is -0.150. The second kappa shape index (κ2) is 6.83. The molecule has 0 aliphatic heterocycles. The van der Waals surface area contributed by atoms with Crippen molar-refractivity contribution in [2.24, 2.45) is 5.73 Å². The number of benzene rings is 1. The van der Waals surface area contributed by atoms with E-state index in [2.05, 4.69) is 0 Å². The quantitative estimate of drug-likeness (QED) is 0.603. The van der Waals surface area contributed by atoms with Crippen LogP contribution in [-0.4, -0.2) is 30.1 Å². The molecular weight excluding hydrogens is 305 g/mol. The number of rotatable bonds is 6. The maximum Gasteiger partial charge on any atom is 0.397 e. The number of nitrogens with two attached hydrogens (primary N) is 1. The van der Waals surface area contributed by atoms with Crippen LogP contribution in [0, 0.1) is 0 Å². The number of amides is 2. The van der Waals surface area contributed by atoms with E-state index in [-0.39, 0.29) is 23.1 Å². The molecule has 1 aromatic carbocycles. The third-order valence-electron chi connectivity index (χ3n) is 2.54. The van der Waals surface area contributed by atoms with Gasteiger partial charge in [-0.25, -0.2) is 0 Å². The van der Waals surface area contributed by atoms with Gasteiger partial charge in [-0.1, -0.05) is 12.1 Å². The summed E-state index contributed by atoms with van der Waals surface area (Å²) in [6, 6.07) is 3.80. The van der Waals surface area contributed by atoms with Crippen LogP contribution < -0.4 is 11.1 Å². The molecule has 0 unspecified atom stereocenters. The average molecular weight is 316 g/mol. The summed E-state index contributed by atoms with van der Waals surface area (Å²) in [6.07, 6.45) is -6.95. The zero-order chi connectivity index (χ0) is 16.9. The summed E-state index contributed by atoms with van der Waals surface area (Å²) in [5.74, 6) is -3.28. The predicted octanol–water partition coefficient (Wildman–Crippen LogP) is 0.987. The number of hydrogen-bond donors (Lipinski definition) is 2. The molecule has 1 aromatic rings. The van der Waals surface area contributed by atoms with E-state index >= 15 is 0 Å². The van der Waals surface area contributed by atoms with E-state index < -0.39 is 36.6 Å². The molecule has 0 aromatic heterocycles. The minimum atomic E-state index is -4.73. The van der Waals surface area contributed by atoms with Gasteiger partial charge < -0.3 is 11.1 Å². The number of nitrogens with one attached hydrogen (secondary N) is 1. The Morgan fingerprint density at radius 2 is 1.86 bits per heavy atom. The molecule has 0 aliphatic rings.